The van der Waals surface area contributed by atoms with Crippen LogP contribution in [0.5, 0.6) is 5.75 Å². The maximum Gasteiger partial charge on any atom is 0.150 e. The Balaban J connectivity index is 2.09. The summed E-state index contributed by atoms with van der Waals surface area (Å²) in [5.74, 6) is 1.78. The number of nitrogens with two attached hydrogens (primary N) is 1. The highest BCUT2D eigenvalue weighted by Crippen LogP contribution is 2.31. The Morgan fingerprint density at radius 2 is 2.25 bits per heavy atom. The van der Waals surface area contributed by atoms with Gasteiger partial charge in [-0.2, -0.15) is 0 Å². The lowest BCUT2D eigenvalue weighted by Gasteiger charge is -2.21. The number of rotatable bonds is 5. The van der Waals surface area contributed by atoms with E-state index < -0.39 is 9.84 Å². The maximum absolute atomic E-state index is 11.6. The van der Waals surface area contributed by atoms with Crippen LogP contribution in [-0.2, 0) is 16.3 Å². The Bertz CT molecular complexity index is 574. The minimum absolute atomic E-state index is 0.186. The number of hydrogen-bond donors (Lipinski definition) is 1. The number of sulfone groups is 1. The summed E-state index contributed by atoms with van der Waals surface area (Å²) >= 11 is 3.47. The zero-order valence-corrected chi connectivity index (χ0v) is 13.9. The number of halogens is 1. The van der Waals surface area contributed by atoms with Gasteiger partial charge in [-0.3, -0.25) is 0 Å². The molecule has 1 aromatic carbocycles. The van der Waals surface area contributed by atoms with Gasteiger partial charge in [0.1, 0.15) is 5.75 Å². The largest absolute Gasteiger partial charge is 0.496 e. The van der Waals surface area contributed by atoms with Gasteiger partial charge < -0.3 is 10.5 Å². The van der Waals surface area contributed by atoms with E-state index in [1.165, 1.54) is 0 Å². The second-order valence-corrected chi connectivity index (χ2v) is 8.41. The van der Waals surface area contributed by atoms with Crippen LogP contribution in [0.4, 0.5) is 0 Å². The van der Waals surface area contributed by atoms with Gasteiger partial charge in [-0.1, -0.05) is 6.07 Å². The first kappa shape index (κ1) is 15.8. The van der Waals surface area contributed by atoms with E-state index in [9.17, 15) is 8.42 Å². The molecule has 2 N–H and O–H groups in total. The van der Waals surface area contributed by atoms with Gasteiger partial charge in [0, 0.05) is 0 Å². The molecule has 1 heterocycles. The minimum Gasteiger partial charge on any atom is -0.496 e. The first-order chi connectivity index (χ1) is 9.45. The van der Waals surface area contributed by atoms with Crippen molar-refractivity contribution in [3.63, 3.8) is 0 Å². The number of methoxy groups -OCH3 is 1. The fourth-order valence-corrected chi connectivity index (χ4v) is 5.29. The van der Waals surface area contributed by atoms with Crippen molar-refractivity contribution in [1.82, 2.24) is 0 Å². The molecule has 1 fully saturated rings. The Morgan fingerprint density at radius 1 is 1.50 bits per heavy atom. The summed E-state index contributed by atoms with van der Waals surface area (Å²) in [6.45, 7) is 0.518. The van der Waals surface area contributed by atoms with E-state index in [0.717, 1.165) is 28.6 Å². The van der Waals surface area contributed by atoms with Crippen molar-refractivity contribution >= 4 is 25.8 Å². The van der Waals surface area contributed by atoms with E-state index in [-0.39, 0.29) is 17.6 Å². The molecule has 0 amide bonds. The van der Waals surface area contributed by atoms with Gasteiger partial charge in [0.2, 0.25) is 0 Å². The predicted molar refractivity (Wildman–Crippen MR) is 83.7 cm³/mol. The third-order valence-corrected chi connectivity index (χ3v) is 6.36. The maximum atomic E-state index is 11.6. The quantitative estimate of drug-likeness (QED) is 0.870. The van der Waals surface area contributed by atoms with Crippen LogP contribution in [-0.4, -0.2) is 33.6 Å². The average Bonchev–Trinajstić information content (AvgIpc) is 2.76. The Morgan fingerprint density at radius 3 is 2.75 bits per heavy atom. The number of ether oxygens (including phenoxy) is 1. The topological polar surface area (TPSA) is 69.4 Å². The van der Waals surface area contributed by atoms with Gasteiger partial charge in [-0.05, 0) is 64.8 Å². The molecule has 0 aliphatic carbocycles. The number of hydrogen-bond acceptors (Lipinski definition) is 4. The summed E-state index contributed by atoms with van der Waals surface area (Å²) in [5.41, 5.74) is 7.00. The van der Waals surface area contributed by atoms with Crippen LogP contribution >= 0.6 is 15.9 Å². The fraction of sp³-hybridized carbons (Fsp3) is 0.571. The van der Waals surface area contributed by atoms with Crippen molar-refractivity contribution in [1.29, 1.82) is 0 Å². The molecule has 2 rings (SSSR count). The Labute approximate surface area is 128 Å². The summed E-state index contributed by atoms with van der Waals surface area (Å²) in [7, 11) is -1.22. The summed E-state index contributed by atoms with van der Waals surface area (Å²) < 4.78 is 29.3. The molecule has 0 radical (unpaired) electrons. The standard InChI is InChI=1S/C14H20BrNO3S/c1-19-14-3-2-10(7-13(14)15)6-12(8-16)11-4-5-20(17,18)9-11/h2-3,7,11-12H,4-6,8-9,16H2,1H3. The predicted octanol–water partition coefficient (Wildman–Crippen LogP) is 2.01. The van der Waals surface area contributed by atoms with Gasteiger partial charge >= 0.3 is 0 Å². The molecule has 1 aromatic rings. The second kappa shape index (κ2) is 6.45. The molecule has 1 aliphatic heterocycles. The van der Waals surface area contributed by atoms with Gasteiger partial charge in [0.15, 0.2) is 9.84 Å². The first-order valence-electron chi connectivity index (χ1n) is 6.68. The molecule has 0 spiro atoms. The van der Waals surface area contributed by atoms with E-state index in [4.69, 9.17) is 10.5 Å². The molecular formula is C14H20BrNO3S. The molecule has 1 saturated heterocycles. The van der Waals surface area contributed by atoms with E-state index in [2.05, 4.69) is 15.9 Å². The van der Waals surface area contributed by atoms with Crippen molar-refractivity contribution < 1.29 is 13.2 Å². The van der Waals surface area contributed by atoms with Crippen LogP contribution in [0, 0.1) is 11.8 Å². The Kier molecular flexibility index (Phi) is 5.09. The zero-order chi connectivity index (χ0) is 14.8. The van der Waals surface area contributed by atoms with Gasteiger partial charge in [-0.15, -0.1) is 0 Å². The van der Waals surface area contributed by atoms with Crippen LogP contribution in [0.15, 0.2) is 22.7 Å². The second-order valence-electron chi connectivity index (χ2n) is 5.33. The molecule has 2 unspecified atom stereocenters. The summed E-state index contributed by atoms with van der Waals surface area (Å²) in [5, 5.41) is 0. The molecular weight excluding hydrogens is 342 g/mol. The molecule has 6 heteroatoms. The summed E-state index contributed by atoms with van der Waals surface area (Å²) in [4.78, 5) is 0. The fourth-order valence-electron chi connectivity index (χ4n) is 2.78. The Hall–Kier alpha value is -0.590. The SMILES string of the molecule is COc1ccc(CC(CN)C2CCS(=O)(=O)C2)cc1Br. The van der Waals surface area contributed by atoms with E-state index in [1.807, 2.05) is 18.2 Å². The monoisotopic (exact) mass is 361 g/mol. The van der Waals surface area contributed by atoms with E-state index >= 15 is 0 Å². The van der Waals surface area contributed by atoms with Crippen LogP contribution in [0.3, 0.4) is 0 Å². The molecule has 1 aliphatic rings. The van der Waals surface area contributed by atoms with Crippen LogP contribution in [0.1, 0.15) is 12.0 Å². The van der Waals surface area contributed by atoms with Gasteiger partial charge in [0.05, 0.1) is 23.1 Å². The highest BCUT2D eigenvalue weighted by molar-refractivity contribution is 9.10. The first-order valence-corrected chi connectivity index (χ1v) is 9.29. The average molecular weight is 362 g/mol. The molecule has 2 atom stereocenters. The zero-order valence-electron chi connectivity index (χ0n) is 11.5. The molecule has 0 saturated carbocycles. The highest BCUT2D eigenvalue weighted by atomic mass is 79.9. The third-order valence-electron chi connectivity index (χ3n) is 3.95. The highest BCUT2D eigenvalue weighted by Gasteiger charge is 2.33. The van der Waals surface area contributed by atoms with Gasteiger partial charge in [0.25, 0.3) is 0 Å². The molecule has 112 valence electrons. The lowest BCUT2D eigenvalue weighted by atomic mass is 9.86. The third kappa shape index (κ3) is 3.74. The normalized spacial score (nSPS) is 22.6. The van der Waals surface area contributed by atoms with Crippen LogP contribution in [0.2, 0.25) is 0 Å². The molecule has 0 bridgehead atoms. The van der Waals surface area contributed by atoms with Crippen molar-refractivity contribution in [2.24, 2.45) is 17.6 Å². The lowest BCUT2D eigenvalue weighted by molar-refractivity contribution is 0.370. The van der Waals surface area contributed by atoms with Crippen molar-refractivity contribution in [2.75, 3.05) is 25.2 Å². The minimum atomic E-state index is -2.85. The van der Waals surface area contributed by atoms with Crippen molar-refractivity contribution in [2.45, 2.75) is 12.8 Å². The summed E-state index contributed by atoms with van der Waals surface area (Å²) in [6, 6.07) is 5.94. The van der Waals surface area contributed by atoms with Gasteiger partial charge in [-0.25, -0.2) is 8.42 Å². The molecule has 4 nitrogen and oxygen atoms in total. The number of benzene rings is 1. The smallest absolute Gasteiger partial charge is 0.150 e. The van der Waals surface area contributed by atoms with Crippen LogP contribution in [0.25, 0.3) is 0 Å². The molecule has 0 aromatic heterocycles. The van der Waals surface area contributed by atoms with Crippen molar-refractivity contribution in [3.8, 4) is 5.75 Å². The lowest BCUT2D eigenvalue weighted by Crippen LogP contribution is -2.26. The molecule has 20 heavy (non-hydrogen) atoms. The van der Waals surface area contributed by atoms with E-state index in [1.54, 1.807) is 7.11 Å². The van der Waals surface area contributed by atoms with Crippen LogP contribution < -0.4 is 10.5 Å². The van der Waals surface area contributed by atoms with E-state index in [0.29, 0.717) is 12.3 Å². The van der Waals surface area contributed by atoms with Crippen molar-refractivity contribution in [3.05, 3.63) is 28.2 Å². The summed E-state index contributed by atoms with van der Waals surface area (Å²) in [6.07, 6.45) is 1.54.